The number of nitrogens with one attached hydrogen (secondary N) is 3. The number of aromatic carboxylic acids is 1. The number of benzene rings is 3. The Morgan fingerprint density at radius 3 is 2.35 bits per heavy atom. The zero-order chi connectivity index (χ0) is 31.5. The number of carboxylic acid groups (broad SMARTS) is 1. The fourth-order valence-electron chi connectivity index (χ4n) is 4.29. The smallest absolute Gasteiger partial charge is 0.417 e. The summed E-state index contributed by atoms with van der Waals surface area (Å²) in [7, 11) is 0. The van der Waals surface area contributed by atoms with E-state index < -0.39 is 35.4 Å². The van der Waals surface area contributed by atoms with E-state index in [0.29, 0.717) is 6.42 Å². The number of nitriles is 1. The lowest BCUT2D eigenvalue weighted by Gasteiger charge is -2.18. The zero-order valence-electron chi connectivity index (χ0n) is 22.5. The maximum Gasteiger partial charge on any atom is 0.417 e. The average molecular weight is 594 g/mol. The Hall–Kier alpha value is -5.71. The molecule has 11 nitrogen and oxygen atoms in total. The van der Waals surface area contributed by atoms with Gasteiger partial charge in [-0.05, 0) is 48.4 Å². The van der Waals surface area contributed by atoms with Crippen LogP contribution in [0.3, 0.4) is 0 Å². The number of hydrogen-bond acceptors (Lipinski definition) is 7. The number of aromatic nitrogens is 1. The van der Waals surface area contributed by atoms with Gasteiger partial charge in [0.15, 0.2) is 11.3 Å². The summed E-state index contributed by atoms with van der Waals surface area (Å²) in [5, 5.41) is 29.6. The quantitative estimate of drug-likeness (QED) is 0.191. The number of halogens is 3. The Morgan fingerprint density at radius 1 is 0.977 bits per heavy atom. The summed E-state index contributed by atoms with van der Waals surface area (Å²) < 4.78 is 48.1. The molecule has 0 aliphatic carbocycles. The standard InChI is InChI=1S/C29H22F3N5O6/c1-3-4-25(39)35-23-12-24-20(11-18(23)17-7-6-16(34-14(2)38)10-21(17)29(30,31)32)26(37-43-24)27(40)36-22-8-5-15(13-33)9-19(22)28(41)42/h5-12H,3-4H2,1-2H3,(H,34,38)(H,35,39)(H,36,40)(H,41,42). The van der Waals surface area contributed by atoms with Crippen molar-refractivity contribution in [2.24, 2.45) is 0 Å². The highest BCUT2D eigenvalue weighted by Gasteiger charge is 2.35. The van der Waals surface area contributed by atoms with Crippen molar-refractivity contribution in [1.29, 1.82) is 5.26 Å². The summed E-state index contributed by atoms with van der Waals surface area (Å²) in [5.74, 6) is -3.43. The molecule has 1 aromatic heterocycles. The van der Waals surface area contributed by atoms with Crippen molar-refractivity contribution in [2.45, 2.75) is 32.9 Å². The number of carboxylic acids is 1. The van der Waals surface area contributed by atoms with Crippen LogP contribution < -0.4 is 16.0 Å². The maximum absolute atomic E-state index is 14.3. The van der Waals surface area contributed by atoms with Crippen LogP contribution in [0.15, 0.2) is 53.1 Å². The zero-order valence-corrected chi connectivity index (χ0v) is 22.5. The molecule has 0 unspecified atom stereocenters. The van der Waals surface area contributed by atoms with Gasteiger partial charge in [-0.1, -0.05) is 18.1 Å². The molecule has 0 aliphatic rings. The number of hydrogen-bond donors (Lipinski definition) is 4. The number of nitrogens with zero attached hydrogens (tertiary/aromatic N) is 2. The number of carbonyl (C=O) groups is 4. The molecule has 0 spiro atoms. The van der Waals surface area contributed by atoms with Gasteiger partial charge in [0.2, 0.25) is 11.8 Å². The molecule has 14 heteroatoms. The lowest BCUT2D eigenvalue weighted by Crippen LogP contribution is -2.16. The Labute approximate surface area is 241 Å². The molecule has 0 saturated heterocycles. The summed E-state index contributed by atoms with van der Waals surface area (Å²) in [5.41, 5.74) is -2.72. The largest absolute Gasteiger partial charge is 0.478 e. The van der Waals surface area contributed by atoms with Gasteiger partial charge in [-0.25, -0.2) is 4.79 Å². The third-order valence-corrected chi connectivity index (χ3v) is 6.14. The number of rotatable bonds is 8. The van der Waals surface area contributed by atoms with Gasteiger partial charge in [-0.2, -0.15) is 18.4 Å². The summed E-state index contributed by atoms with van der Waals surface area (Å²) in [6.45, 7) is 2.89. The third kappa shape index (κ3) is 6.62. The van der Waals surface area contributed by atoms with E-state index in [1.165, 1.54) is 30.3 Å². The van der Waals surface area contributed by atoms with Gasteiger partial charge in [0.25, 0.3) is 5.91 Å². The molecule has 220 valence electrons. The predicted octanol–water partition coefficient (Wildman–Crippen LogP) is 6.03. The minimum absolute atomic E-state index is 0.0365. The second kappa shape index (κ2) is 12.0. The van der Waals surface area contributed by atoms with Gasteiger partial charge >= 0.3 is 12.1 Å². The topological polar surface area (TPSA) is 174 Å². The number of fused-ring (bicyclic) bond motifs is 1. The van der Waals surface area contributed by atoms with Crippen LogP contribution in [0.2, 0.25) is 0 Å². The molecular weight excluding hydrogens is 571 g/mol. The number of alkyl halides is 3. The lowest BCUT2D eigenvalue weighted by molar-refractivity contribution is -0.137. The van der Waals surface area contributed by atoms with Gasteiger partial charge in [-0.15, -0.1) is 0 Å². The molecule has 4 aromatic rings. The van der Waals surface area contributed by atoms with E-state index in [1.54, 1.807) is 13.0 Å². The van der Waals surface area contributed by atoms with E-state index in [9.17, 15) is 37.5 Å². The van der Waals surface area contributed by atoms with E-state index in [0.717, 1.165) is 25.1 Å². The van der Waals surface area contributed by atoms with E-state index in [1.807, 2.05) is 0 Å². The van der Waals surface area contributed by atoms with Crippen molar-refractivity contribution in [2.75, 3.05) is 16.0 Å². The monoisotopic (exact) mass is 593 g/mol. The van der Waals surface area contributed by atoms with Gasteiger partial charge < -0.3 is 25.6 Å². The Balaban J connectivity index is 1.88. The lowest BCUT2D eigenvalue weighted by atomic mass is 9.95. The summed E-state index contributed by atoms with van der Waals surface area (Å²) in [6.07, 6.45) is -4.35. The van der Waals surface area contributed by atoms with Crippen molar-refractivity contribution in [3.63, 3.8) is 0 Å². The molecule has 0 fully saturated rings. The Morgan fingerprint density at radius 2 is 1.72 bits per heavy atom. The first kappa shape index (κ1) is 30.3. The summed E-state index contributed by atoms with van der Waals surface area (Å²) in [6, 6.07) is 10.9. The fourth-order valence-corrected chi connectivity index (χ4v) is 4.29. The van der Waals surface area contributed by atoms with E-state index in [2.05, 4.69) is 21.1 Å². The molecule has 43 heavy (non-hydrogen) atoms. The van der Waals surface area contributed by atoms with Gasteiger partial charge in [0, 0.05) is 30.7 Å². The molecule has 0 atom stereocenters. The Kier molecular flexibility index (Phi) is 8.46. The van der Waals surface area contributed by atoms with Crippen LogP contribution in [0.4, 0.5) is 30.2 Å². The van der Waals surface area contributed by atoms with Crippen molar-refractivity contribution >= 4 is 51.7 Å². The minimum Gasteiger partial charge on any atom is -0.478 e. The highest BCUT2D eigenvalue weighted by atomic mass is 19.4. The Bertz CT molecular complexity index is 1820. The molecule has 0 radical (unpaired) electrons. The first-order valence-electron chi connectivity index (χ1n) is 12.6. The highest BCUT2D eigenvalue weighted by molar-refractivity contribution is 6.14. The molecule has 3 amide bonds. The highest BCUT2D eigenvalue weighted by Crippen LogP contribution is 2.43. The minimum atomic E-state index is -4.89. The SMILES string of the molecule is CCCC(=O)Nc1cc2onc(C(=O)Nc3ccc(C#N)cc3C(=O)O)c2cc1-c1ccc(NC(C)=O)cc1C(F)(F)F. The van der Waals surface area contributed by atoms with Gasteiger partial charge in [-0.3, -0.25) is 14.4 Å². The number of anilines is 3. The summed E-state index contributed by atoms with van der Waals surface area (Å²) in [4.78, 5) is 48.8. The van der Waals surface area contributed by atoms with Crippen molar-refractivity contribution in [1.82, 2.24) is 5.16 Å². The van der Waals surface area contributed by atoms with Crippen LogP contribution in [0.25, 0.3) is 22.1 Å². The number of carbonyl (C=O) groups excluding carboxylic acids is 3. The van der Waals surface area contributed by atoms with Gasteiger partial charge in [0.05, 0.1) is 39.5 Å². The van der Waals surface area contributed by atoms with E-state index >= 15 is 0 Å². The van der Waals surface area contributed by atoms with Crippen LogP contribution in [-0.2, 0) is 15.8 Å². The van der Waals surface area contributed by atoms with Crippen LogP contribution >= 0.6 is 0 Å². The third-order valence-electron chi connectivity index (χ3n) is 6.14. The van der Waals surface area contributed by atoms with Crippen LogP contribution in [-0.4, -0.2) is 34.0 Å². The van der Waals surface area contributed by atoms with Crippen LogP contribution in [0.5, 0.6) is 0 Å². The second-order valence-electron chi connectivity index (χ2n) is 9.29. The fraction of sp³-hybridized carbons (Fsp3) is 0.172. The molecule has 3 aromatic carbocycles. The molecule has 0 bridgehead atoms. The average Bonchev–Trinajstić information content (AvgIpc) is 3.35. The molecule has 0 aliphatic heterocycles. The van der Waals surface area contributed by atoms with Crippen LogP contribution in [0, 0.1) is 11.3 Å². The maximum atomic E-state index is 14.3. The van der Waals surface area contributed by atoms with Crippen molar-refractivity contribution in [3.8, 4) is 17.2 Å². The molecule has 4 N–H and O–H groups in total. The predicted molar refractivity (Wildman–Crippen MR) is 148 cm³/mol. The molecule has 1 heterocycles. The normalized spacial score (nSPS) is 11.1. The molecular formula is C29H22F3N5O6. The van der Waals surface area contributed by atoms with Gasteiger partial charge in [0.1, 0.15) is 0 Å². The molecule has 4 rings (SSSR count). The molecule has 0 saturated carbocycles. The van der Waals surface area contributed by atoms with Crippen LogP contribution in [0.1, 0.15) is 58.7 Å². The summed E-state index contributed by atoms with van der Waals surface area (Å²) >= 11 is 0. The second-order valence-corrected chi connectivity index (χ2v) is 9.29. The van der Waals surface area contributed by atoms with Crippen molar-refractivity contribution < 1.29 is 42.0 Å². The van der Waals surface area contributed by atoms with E-state index in [-0.39, 0.29) is 62.4 Å². The number of amides is 3. The van der Waals surface area contributed by atoms with E-state index in [4.69, 9.17) is 9.78 Å². The first-order chi connectivity index (χ1) is 20.3. The van der Waals surface area contributed by atoms with Crippen molar-refractivity contribution in [3.05, 3.63) is 70.9 Å². The first-order valence-corrected chi connectivity index (χ1v) is 12.6.